The molecule has 0 aliphatic carbocycles. The molecule has 0 unspecified atom stereocenters. The first-order valence-electron chi connectivity index (χ1n) is 22.1. The van der Waals surface area contributed by atoms with Crippen LogP contribution in [0.5, 0.6) is 0 Å². The van der Waals surface area contributed by atoms with Gasteiger partial charge in [-0.05, 0) is 144 Å². The van der Waals surface area contributed by atoms with E-state index in [0.29, 0.717) is 0 Å². The minimum absolute atomic E-state index is 0.789. The van der Waals surface area contributed by atoms with E-state index in [4.69, 9.17) is 11.6 Å². The van der Waals surface area contributed by atoms with Gasteiger partial charge < -0.3 is 8.80 Å². The van der Waals surface area contributed by atoms with Gasteiger partial charge >= 0.3 is 0 Å². The Labute approximate surface area is 382 Å². The molecule has 0 aliphatic rings. The van der Waals surface area contributed by atoms with Gasteiger partial charge in [0.2, 0.25) is 0 Å². The fourth-order valence-corrected chi connectivity index (χ4v) is 9.33. The summed E-state index contributed by atoms with van der Waals surface area (Å²) in [6.07, 6.45) is 17.8. The van der Waals surface area contributed by atoms with Crippen LogP contribution in [0.4, 0.5) is 0 Å². The molecule has 0 amide bonds. The van der Waals surface area contributed by atoms with Crippen LogP contribution >= 0.6 is 0 Å². The van der Waals surface area contributed by atoms with Crippen LogP contribution in [0.2, 0.25) is 0 Å². The van der Waals surface area contributed by atoms with Gasteiger partial charge in [0.15, 0.2) is 0 Å². The first-order valence-corrected chi connectivity index (χ1v) is 22.1. The predicted molar refractivity (Wildman–Crippen MR) is 278 cm³/mol. The smallest absolute Gasteiger partial charge is 0.0899 e. The van der Waals surface area contributed by atoms with Crippen molar-refractivity contribution in [3.8, 4) is 22.5 Å². The van der Waals surface area contributed by atoms with E-state index in [1.165, 1.54) is 0 Å². The molecule has 7 heterocycles. The first-order chi connectivity index (χ1) is 32.4. The largest absolute Gasteiger partial charge is 0.307 e. The number of hydrogen-bond acceptors (Lipinski definition) is 4. The molecule has 11 aromatic rings. The van der Waals surface area contributed by atoms with Gasteiger partial charge in [-0.15, -0.1) is 0 Å². The first kappa shape index (κ1) is 40.1. The van der Waals surface area contributed by atoms with Crippen molar-refractivity contribution in [2.75, 3.05) is 0 Å². The quantitative estimate of drug-likeness (QED) is 0.129. The molecule has 0 saturated carbocycles. The predicted octanol–water partition coefficient (Wildman–Crippen LogP) is 14.2. The third-order valence-corrected chi connectivity index (χ3v) is 12.5. The third kappa shape index (κ3) is 6.84. The lowest BCUT2D eigenvalue weighted by Crippen LogP contribution is -2.09. The topological polar surface area (TPSA) is 60.4 Å². The highest BCUT2D eigenvalue weighted by molar-refractivity contribution is 6.24. The van der Waals surface area contributed by atoms with E-state index in [-0.39, 0.29) is 0 Å². The number of aromatic nitrogens is 6. The zero-order chi connectivity index (χ0) is 44.9. The van der Waals surface area contributed by atoms with Gasteiger partial charge in [0, 0.05) is 50.9 Å². The lowest BCUT2D eigenvalue weighted by atomic mass is 9.97. The average molecular weight is 849 g/mol. The molecule has 6 heteroatoms. The van der Waals surface area contributed by atoms with Crippen LogP contribution in [0.15, 0.2) is 208 Å². The molecule has 0 saturated heterocycles. The van der Waals surface area contributed by atoms with Crippen molar-refractivity contribution < 1.29 is 0 Å². The molecule has 66 heavy (non-hydrogen) atoms. The summed E-state index contributed by atoms with van der Waals surface area (Å²) < 4.78 is 4.80. The van der Waals surface area contributed by atoms with Crippen LogP contribution in [0, 0.1) is 0 Å². The second kappa shape index (κ2) is 16.4. The summed E-state index contributed by atoms with van der Waals surface area (Å²) >= 11 is 0. The Balaban J connectivity index is 1.15. The normalized spacial score (nSPS) is 12.6. The molecule has 0 bridgehead atoms. The molecular weight excluding hydrogens is 805 g/mol. The van der Waals surface area contributed by atoms with Crippen LogP contribution < -0.4 is 5.35 Å². The molecule has 7 aromatic heterocycles. The molecule has 0 N–H and O–H groups in total. The van der Waals surface area contributed by atoms with Crippen LogP contribution in [-0.2, 0) is 0 Å². The van der Waals surface area contributed by atoms with Crippen LogP contribution in [0.25, 0.3) is 106 Å². The molecular formula is C60H44N6. The maximum Gasteiger partial charge on any atom is 0.0899 e. The highest BCUT2D eigenvalue weighted by Gasteiger charge is 2.22. The van der Waals surface area contributed by atoms with Gasteiger partial charge in [-0.25, -0.2) is 4.98 Å². The Kier molecular flexibility index (Phi) is 9.97. The van der Waals surface area contributed by atoms with Crippen molar-refractivity contribution >= 4 is 83.4 Å². The summed E-state index contributed by atoms with van der Waals surface area (Å²) in [6.45, 7) is 17.8. The Morgan fingerprint density at radius 3 is 1.92 bits per heavy atom. The summed E-state index contributed by atoms with van der Waals surface area (Å²) in [4.78, 5) is 19.0. The fraction of sp³-hybridized carbons (Fsp3) is 0.0333. The molecule has 4 aromatic carbocycles. The van der Waals surface area contributed by atoms with E-state index in [2.05, 4.69) is 141 Å². The molecule has 11 rings (SSSR count). The maximum atomic E-state index is 5.04. The number of benzene rings is 4. The standard InChI is InChI=1S/C60H44N6/c1-6-7-8-17-38(2)54-36-45(37-55(64-54)53-21-13-16-31-63-53)43-23-27-57-49(35-43)47-25-26-48-50-34-42(24-28-58(50)66-56-22-10-9-18-46(56)41(5)65(57)59(47)60(48)66)44(32-39(3)51-19-11-14-29-61-51)33-40(4)52-20-12-15-30-62-52/h6-37H,2-3,5H2,1,4H3/b7-6-,17-8-,40-33+,44-32+. The van der Waals surface area contributed by atoms with Gasteiger partial charge in [0.25, 0.3) is 0 Å². The summed E-state index contributed by atoms with van der Waals surface area (Å²) in [5.74, 6) is 0. The van der Waals surface area contributed by atoms with Crippen LogP contribution in [0.3, 0.4) is 0 Å². The van der Waals surface area contributed by atoms with Crippen LogP contribution in [0.1, 0.15) is 36.5 Å². The lowest BCUT2D eigenvalue weighted by Gasteiger charge is -2.10. The van der Waals surface area contributed by atoms with Gasteiger partial charge in [-0.2, -0.15) is 0 Å². The number of hydrogen-bond donors (Lipinski definition) is 0. The lowest BCUT2D eigenvalue weighted by molar-refractivity contribution is 1.23. The van der Waals surface area contributed by atoms with Crippen LogP contribution in [-0.4, -0.2) is 28.7 Å². The average Bonchev–Trinajstić information content (AvgIpc) is 3.85. The summed E-state index contributed by atoms with van der Waals surface area (Å²) in [7, 11) is 0. The van der Waals surface area contributed by atoms with Crippen molar-refractivity contribution in [3.63, 3.8) is 0 Å². The number of allylic oxidation sites excluding steroid dienone is 10. The van der Waals surface area contributed by atoms with Gasteiger partial charge in [-0.1, -0.05) is 105 Å². The fourth-order valence-electron chi connectivity index (χ4n) is 9.33. The SMILES string of the molecule is C=C(/C=C\C=C/C)c1cc(-c2ccc3c(c2)c2ccc4c5cc(C(=C/C(=C)c6ccccn6)/C=C(\C)c6ccccn6)ccc5n5c6ccccc6c(=C)n3c2c45)cc(-c2ccccn2)n1. The monoisotopic (exact) mass is 848 g/mol. The summed E-state index contributed by atoms with van der Waals surface area (Å²) in [6, 6.07) is 48.9. The maximum absolute atomic E-state index is 5.04. The number of rotatable bonds is 10. The second-order valence-corrected chi connectivity index (χ2v) is 16.6. The molecule has 314 valence electrons. The number of pyridine rings is 4. The Hall–Kier alpha value is -8.74. The van der Waals surface area contributed by atoms with Crippen molar-refractivity contribution in [1.82, 2.24) is 28.7 Å². The van der Waals surface area contributed by atoms with Gasteiger partial charge in [0.05, 0.1) is 56.1 Å². The van der Waals surface area contributed by atoms with Crippen molar-refractivity contribution in [1.29, 1.82) is 0 Å². The minimum Gasteiger partial charge on any atom is -0.307 e. The molecule has 0 aliphatic heterocycles. The Morgan fingerprint density at radius 2 is 1.18 bits per heavy atom. The highest BCUT2D eigenvalue weighted by Crippen LogP contribution is 2.42. The van der Waals surface area contributed by atoms with E-state index >= 15 is 0 Å². The number of fused-ring (bicyclic) bond motifs is 8. The Bertz CT molecular complexity index is 3920. The summed E-state index contributed by atoms with van der Waals surface area (Å²) in [5, 5.41) is 6.60. The zero-order valence-electron chi connectivity index (χ0n) is 36.8. The minimum atomic E-state index is 0.789. The van der Waals surface area contributed by atoms with E-state index < -0.39 is 0 Å². The van der Waals surface area contributed by atoms with Gasteiger partial charge in [0.1, 0.15) is 0 Å². The molecule has 0 radical (unpaired) electrons. The number of para-hydroxylation sites is 1. The highest BCUT2D eigenvalue weighted by atomic mass is 15.0. The van der Waals surface area contributed by atoms with E-state index in [0.717, 1.165) is 127 Å². The number of nitrogens with zero attached hydrogens (tertiary/aromatic N) is 6. The van der Waals surface area contributed by atoms with Crippen molar-refractivity contribution in [2.45, 2.75) is 13.8 Å². The molecule has 0 fully saturated rings. The van der Waals surface area contributed by atoms with E-state index in [9.17, 15) is 0 Å². The van der Waals surface area contributed by atoms with E-state index in [1.807, 2.05) is 92.0 Å². The Morgan fingerprint density at radius 1 is 0.515 bits per heavy atom. The summed E-state index contributed by atoms with van der Waals surface area (Å²) in [5.41, 5.74) is 16.6. The van der Waals surface area contributed by atoms with Crippen molar-refractivity contribution in [2.24, 2.45) is 0 Å². The van der Waals surface area contributed by atoms with Crippen molar-refractivity contribution in [3.05, 3.63) is 236 Å². The third-order valence-electron chi connectivity index (χ3n) is 12.5. The second-order valence-electron chi connectivity index (χ2n) is 16.6. The molecule has 6 nitrogen and oxygen atoms in total. The zero-order valence-corrected chi connectivity index (χ0v) is 36.8. The van der Waals surface area contributed by atoms with Gasteiger partial charge in [-0.3, -0.25) is 15.0 Å². The molecule has 0 spiro atoms. The van der Waals surface area contributed by atoms with E-state index in [1.54, 1.807) is 12.4 Å². The molecule has 0 atom stereocenters.